The molecule has 11 nitrogen and oxygen atoms in total. The zero-order valence-electron chi connectivity index (χ0n) is 15.3. The van der Waals surface area contributed by atoms with Crippen LogP contribution >= 0.6 is 0 Å². The van der Waals surface area contributed by atoms with E-state index < -0.39 is 25.0 Å². The van der Waals surface area contributed by atoms with Gasteiger partial charge in [-0.2, -0.15) is 8.61 Å². The summed E-state index contributed by atoms with van der Waals surface area (Å²) < 4.78 is 58.7. The third kappa shape index (κ3) is 4.07. The van der Waals surface area contributed by atoms with Crippen LogP contribution in [-0.4, -0.2) is 68.6 Å². The molecule has 2 heterocycles. The lowest BCUT2D eigenvalue weighted by Crippen LogP contribution is -2.50. The molecule has 0 unspecified atom stereocenters. The summed E-state index contributed by atoms with van der Waals surface area (Å²) in [6, 6.07) is 6.22. The van der Waals surface area contributed by atoms with E-state index in [2.05, 4.69) is 4.98 Å². The first-order chi connectivity index (χ1) is 13.7. The summed E-state index contributed by atoms with van der Waals surface area (Å²) in [5.41, 5.74) is -0.387. The predicted molar refractivity (Wildman–Crippen MR) is 101 cm³/mol. The van der Waals surface area contributed by atoms with Crippen LogP contribution in [0.3, 0.4) is 0 Å². The number of sulfonamides is 2. The normalized spacial score (nSPS) is 16.4. The second kappa shape index (κ2) is 8.02. The number of aromatic nitrogens is 1. The summed E-state index contributed by atoms with van der Waals surface area (Å²) in [6.45, 7) is -0.331. The Morgan fingerprint density at radius 3 is 2.17 bits per heavy atom. The number of benzene rings is 1. The summed E-state index contributed by atoms with van der Waals surface area (Å²) in [7, 11) is -6.65. The number of hydrogen-bond donors (Lipinski definition) is 0. The van der Waals surface area contributed by atoms with E-state index in [1.165, 1.54) is 42.0 Å². The maximum atomic E-state index is 13.0. The Morgan fingerprint density at radius 2 is 1.66 bits per heavy atom. The maximum absolute atomic E-state index is 13.0. The van der Waals surface area contributed by atoms with Gasteiger partial charge in [0.1, 0.15) is 15.5 Å². The maximum Gasteiger partial charge on any atom is 0.271 e. The Kier molecular flexibility index (Phi) is 5.84. The summed E-state index contributed by atoms with van der Waals surface area (Å²) in [5, 5.41) is 11.0. The summed E-state index contributed by atoms with van der Waals surface area (Å²) >= 11 is 0. The van der Waals surface area contributed by atoms with Gasteiger partial charge in [-0.15, -0.1) is 0 Å². The van der Waals surface area contributed by atoms with Crippen LogP contribution in [0, 0.1) is 10.1 Å². The van der Waals surface area contributed by atoms with Gasteiger partial charge in [0.2, 0.25) is 20.0 Å². The van der Waals surface area contributed by atoms with Crippen molar-refractivity contribution in [2.45, 2.75) is 9.79 Å². The van der Waals surface area contributed by atoms with Crippen molar-refractivity contribution in [2.24, 2.45) is 0 Å². The third-order valence-electron chi connectivity index (χ3n) is 4.45. The predicted octanol–water partition coefficient (Wildman–Crippen LogP) is 0.694. The van der Waals surface area contributed by atoms with E-state index in [9.17, 15) is 26.9 Å². The molecule has 0 radical (unpaired) electrons. The molecule has 3 rings (SSSR count). The number of piperazine rings is 1. The van der Waals surface area contributed by atoms with Gasteiger partial charge < -0.3 is 4.74 Å². The van der Waals surface area contributed by atoms with Gasteiger partial charge >= 0.3 is 0 Å². The standard InChI is InChI=1S/C16H18N4O7S2/c1-27-15-5-4-13(20(21)22)11-16(15)29(25,26)19-9-7-18(8-10-19)28(23,24)14-3-2-6-17-12-14/h2-6,11-12H,7-10H2,1H3. The molecule has 0 atom stereocenters. The fourth-order valence-corrected chi connectivity index (χ4v) is 5.90. The quantitative estimate of drug-likeness (QED) is 0.470. The Labute approximate surface area is 167 Å². The topological polar surface area (TPSA) is 140 Å². The van der Waals surface area contributed by atoms with E-state index in [0.29, 0.717) is 0 Å². The minimum atomic E-state index is -4.12. The van der Waals surface area contributed by atoms with E-state index >= 15 is 0 Å². The summed E-state index contributed by atoms with van der Waals surface area (Å²) in [4.78, 5) is 13.8. The van der Waals surface area contributed by atoms with Crippen LogP contribution in [0.25, 0.3) is 0 Å². The molecule has 0 aliphatic carbocycles. The largest absolute Gasteiger partial charge is 0.495 e. The van der Waals surface area contributed by atoms with E-state index in [1.54, 1.807) is 0 Å². The number of nitro benzene ring substituents is 1. The number of nitro groups is 1. The second-order valence-corrected chi connectivity index (χ2v) is 9.93. The van der Waals surface area contributed by atoms with Gasteiger partial charge in [0, 0.05) is 50.7 Å². The van der Waals surface area contributed by atoms with Crippen LogP contribution < -0.4 is 4.74 Å². The van der Waals surface area contributed by atoms with Crippen molar-refractivity contribution >= 4 is 25.7 Å². The zero-order valence-corrected chi connectivity index (χ0v) is 17.0. The van der Waals surface area contributed by atoms with Crippen molar-refractivity contribution in [1.82, 2.24) is 13.6 Å². The molecule has 1 saturated heterocycles. The first-order valence-corrected chi connectivity index (χ1v) is 11.3. The molecule has 156 valence electrons. The van der Waals surface area contributed by atoms with Crippen LogP contribution in [0.4, 0.5) is 5.69 Å². The van der Waals surface area contributed by atoms with Crippen LogP contribution in [-0.2, 0) is 20.0 Å². The number of non-ortho nitro benzene ring substituents is 1. The Morgan fingerprint density at radius 1 is 1.03 bits per heavy atom. The van der Waals surface area contributed by atoms with Crippen molar-refractivity contribution < 1.29 is 26.5 Å². The summed E-state index contributed by atoms with van der Waals surface area (Å²) in [5.74, 6) is -0.0268. The number of methoxy groups -OCH3 is 1. The molecule has 0 spiro atoms. The molecule has 13 heteroatoms. The molecule has 0 bridgehead atoms. The molecule has 0 N–H and O–H groups in total. The lowest BCUT2D eigenvalue weighted by atomic mass is 10.3. The van der Waals surface area contributed by atoms with Crippen molar-refractivity contribution in [2.75, 3.05) is 33.3 Å². The smallest absolute Gasteiger partial charge is 0.271 e. The lowest BCUT2D eigenvalue weighted by molar-refractivity contribution is -0.385. The van der Waals surface area contributed by atoms with E-state index in [4.69, 9.17) is 4.74 Å². The first kappa shape index (κ1) is 21.1. The van der Waals surface area contributed by atoms with Crippen LogP contribution in [0.15, 0.2) is 52.5 Å². The molecule has 0 amide bonds. The molecule has 1 aromatic heterocycles. The molecule has 29 heavy (non-hydrogen) atoms. The Bertz CT molecular complexity index is 1110. The SMILES string of the molecule is COc1ccc([N+](=O)[O-])cc1S(=O)(=O)N1CCN(S(=O)(=O)c2cccnc2)CC1. The van der Waals surface area contributed by atoms with Gasteiger partial charge in [-0.3, -0.25) is 15.1 Å². The lowest BCUT2D eigenvalue weighted by Gasteiger charge is -2.33. The molecule has 1 aromatic carbocycles. The van der Waals surface area contributed by atoms with Crippen LogP contribution in [0.1, 0.15) is 0 Å². The van der Waals surface area contributed by atoms with Crippen molar-refractivity contribution in [3.8, 4) is 5.75 Å². The molecule has 0 saturated carbocycles. The number of rotatable bonds is 6. The fraction of sp³-hybridized carbons (Fsp3) is 0.312. The molecular formula is C16H18N4O7S2. The van der Waals surface area contributed by atoms with Crippen molar-refractivity contribution in [3.05, 3.63) is 52.8 Å². The minimum absolute atomic E-state index is 0.0247. The Balaban J connectivity index is 1.84. The highest BCUT2D eigenvalue weighted by Gasteiger charge is 2.35. The molecular weight excluding hydrogens is 424 g/mol. The monoisotopic (exact) mass is 442 g/mol. The molecule has 1 aliphatic rings. The van der Waals surface area contributed by atoms with E-state index in [0.717, 1.165) is 16.4 Å². The second-order valence-electron chi connectivity index (χ2n) is 6.09. The number of pyridine rings is 1. The van der Waals surface area contributed by atoms with Gasteiger partial charge in [0.25, 0.3) is 5.69 Å². The van der Waals surface area contributed by atoms with Gasteiger partial charge in [0.15, 0.2) is 0 Å². The number of nitrogens with zero attached hydrogens (tertiary/aromatic N) is 4. The fourth-order valence-electron chi connectivity index (χ4n) is 2.92. The highest BCUT2D eigenvalue weighted by atomic mass is 32.2. The van der Waals surface area contributed by atoms with E-state index in [1.807, 2.05) is 0 Å². The van der Waals surface area contributed by atoms with Crippen molar-refractivity contribution in [1.29, 1.82) is 0 Å². The van der Waals surface area contributed by atoms with Crippen molar-refractivity contribution in [3.63, 3.8) is 0 Å². The van der Waals surface area contributed by atoms with Gasteiger partial charge in [0.05, 0.1) is 12.0 Å². The highest BCUT2D eigenvalue weighted by molar-refractivity contribution is 7.89. The van der Waals surface area contributed by atoms with Gasteiger partial charge in [-0.05, 0) is 18.2 Å². The summed E-state index contributed by atoms with van der Waals surface area (Å²) in [6.07, 6.45) is 2.68. The van der Waals surface area contributed by atoms with Crippen LogP contribution in [0.2, 0.25) is 0 Å². The van der Waals surface area contributed by atoms with Gasteiger partial charge in [-0.1, -0.05) is 0 Å². The Hall–Kier alpha value is -2.61. The zero-order chi connectivity index (χ0) is 21.2. The van der Waals surface area contributed by atoms with Crippen LogP contribution in [0.5, 0.6) is 5.75 Å². The van der Waals surface area contributed by atoms with Gasteiger partial charge in [-0.25, -0.2) is 16.8 Å². The average Bonchev–Trinajstić information content (AvgIpc) is 2.73. The first-order valence-electron chi connectivity index (χ1n) is 8.40. The third-order valence-corrected chi connectivity index (χ3v) is 8.25. The molecule has 2 aromatic rings. The molecule has 1 aliphatic heterocycles. The number of ether oxygens (including phenoxy) is 1. The highest BCUT2D eigenvalue weighted by Crippen LogP contribution is 2.31. The number of hydrogen-bond acceptors (Lipinski definition) is 8. The molecule has 1 fully saturated rings. The van der Waals surface area contributed by atoms with E-state index in [-0.39, 0.29) is 47.4 Å². The minimum Gasteiger partial charge on any atom is -0.495 e. The average molecular weight is 442 g/mol.